The zero-order chi connectivity index (χ0) is 12.2. The van der Waals surface area contributed by atoms with E-state index in [0.717, 1.165) is 38.4 Å². The van der Waals surface area contributed by atoms with Crippen LogP contribution in [0.15, 0.2) is 24.3 Å². The van der Waals surface area contributed by atoms with Gasteiger partial charge in [-0.3, -0.25) is 4.90 Å². The lowest BCUT2D eigenvalue weighted by Gasteiger charge is -2.26. The first-order valence-corrected chi connectivity index (χ1v) is 6.05. The van der Waals surface area contributed by atoms with Crippen molar-refractivity contribution in [3.8, 4) is 11.4 Å². The Balaban J connectivity index is 1.67. The molecule has 0 saturated carbocycles. The van der Waals surface area contributed by atoms with E-state index in [2.05, 4.69) is 37.7 Å². The number of nitrogens with zero attached hydrogens (tertiary/aromatic N) is 4. The third-order valence-electron chi connectivity index (χ3n) is 3.07. The van der Waals surface area contributed by atoms with E-state index in [-0.39, 0.29) is 0 Å². The predicted molar refractivity (Wildman–Crippen MR) is 65.7 cm³/mol. The van der Waals surface area contributed by atoms with Gasteiger partial charge >= 0.3 is 0 Å². The topological polar surface area (TPSA) is 66.9 Å². The van der Waals surface area contributed by atoms with Crippen molar-refractivity contribution in [2.24, 2.45) is 0 Å². The number of nitrogens with one attached hydrogen (secondary N) is 1. The quantitative estimate of drug-likeness (QED) is 0.862. The van der Waals surface area contributed by atoms with E-state index in [9.17, 15) is 0 Å². The molecule has 0 amide bonds. The first kappa shape index (κ1) is 11.3. The van der Waals surface area contributed by atoms with Crippen molar-refractivity contribution >= 4 is 0 Å². The second-order valence-electron chi connectivity index (χ2n) is 4.32. The average Bonchev–Trinajstić information content (AvgIpc) is 2.95. The van der Waals surface area contributed by atoms with Crippen LogP contribution in [0.5, 0.6) is 0 Å². The van der Waals surface area contributed by atoms with E-state index >= 15 is 0 Å². The van der Waals surface area contributed by atoms with Gasteiger partial charge in [0.25, 0.3) is 0 Å². The molecule has 1 aromatic carbocycles. The molecule has 2 aromatic rings. The van der Waals surface area contributed by atoms with Gasteiger partial charge in [0.15, 0.2) is 0 Å². The van der Waals surface area contributed by atoms with Gasteiger partial charge in [-0.15, -0.1) is 10.2 Å². The summed E-state index contributed by atoms with van der Waals surface area (Å²) < 4.78 is 5.34. The van der Waals surface area contributed by atoms with Crippen LogP contribution in [0, 0.1) is 0 Å². The number of hydrogen-bond donors (Lipinski definition) is 1. The summed E-state index contributed by atoms with van der Waals surface area (Å²) in [6, 6.07) is 8.28. The molecule has 1 N–H and O–H groups in total. The molecule has 0 spiro atoms. The van der Waals surface area contributed by atoms with Crippen molar-refractivity contribution in [1.82, 2.24) is 25.5 Å². The zero-order valence-corrected chi connectivity index (χ0v) is 10.0. The molecule has 0 bridgehead atoms. The summed E-state index contributed by atoms with van der Waals surface area (Å²) in [6.07, 6.45) is 0. The molecule has 2 heterocycles. The number of aromatic nitrogens is 4. The van der Waals surface area contributed by atoms with E-state index in [1.807, 2.05) is 12.1 Å². The Morgan fingerprint density at radius 3 is 2.61 bits per heavy atom. The maximum absolute atomic E-state index is 5.34. The van der Waals surface area contributed by atoms with Crippen LogP contribution in [0.4, 0.5) is 0 Å². The van der Waals surface area contributed by atoms with Crippen LogP contribution in [0.3, 0.4) is 0 Å². The lowest BCUT2D eigenvalue weighted by Crippen LogP contribution is -2.35. The minimum absolute atomic E-state index is 0.632. The summed E-state index contributed by atoms with van der Waals surface area (Å²) in [7, 11) is 0. The van der Waals surface area contributed by atoms with Crippen LogP contribution in [0.25, 0.3) is 11.4 Å². The molecule has 18 heavy (non-hydrogen) atoms. The van der Waals surface area contributed by atoms with Gasteiger partial charge in [-0.1, -0.05) is 24.3 Å². The summed E-state index contributed by atoms with van der Waals surface area (Å²) in [4.78, 5) is 2.40. The highest BCUT2D eigenvalue weighted by Crippen LogP contribution is 2.15. The standard InChI is InChI=1S/C12H15N5O/c1-3-11(12-13-15-16-14-12)4-2-10(1)9-17-5-7-18-8-6-17/h1-4H,5-9H2,(H,13,14,15,16). The number of H-pyrrole nitrogens is 1. The molecule has 6 heteroatoms. The molecule has 1 aromatic heterocycles. The highest BCUT2D eigenvalue weighted by molar-refractivity contribution is 5.54. The highest BCUT2D eigenvalue weighted by atomic mass is 16.5. The summed E-state index contributed by atoms with van der Waals surface area (Å²) >= 11 is 0. The Labute approximate surface area is 105 Å². The summed E-state index contributed by atoms with van der Waals surface area (Å²) in [5, 5.41) is 13.9. The normalized spacial score (nSPS) is 16.9. The Morgan fingerprint density at radius 1 is 1.17 bits per heavy atom. The van der Waals surface area contributed by atoms with Crippen LogP contribution < -0.4 is 0 Å². The van der Waals surface area contributed by atoms with Crippen molar-refractivity contribution in [1.29, 1.82) is 0 Å². The van der Waals surface area contributed by atoms with Gasteiger partial charge in [0, 0.05) is 25.2 Å². The predicted octanol–water partition coefficient (Wildman–Crippen LogP) is 0.699. The maximum atomic E-state index is 5.34. The monoisotopic (exact) mass is 245 g/mol. The van der Waals surface area contributed by atoms with Crippen molar-refractivity contribution in [3.05, 3.63) is 29.8 Å². The van der Waals surface area contributed by atoms with Crippen molar-refractivity contribution in [2.45, 2.75) is 6.54 Å². The minimum atomic E-state index is 0.632. The van der Waals surface area contributed by atoms with Gasteiger partial charge < -0.3 is 4.74 Å². The van der Waals surface area contributed by atoms with Gasteiger partial charge in [0.1, 0.15) is 0 Å². The van der Waals surface area contributed by atoms with Gasteiger partial charge in [0.05, 0.1) is 13.2 Å². The van der Waals surface area contributed by atoms with E-state index in [1.165, 1.54) is 5.56 Å². The summed E-state index contributed by atoms with van der Waals surface area (Å²) in [5.41, 5.74) is 2.28. The number of ether oxygens (including phenoxy) is 1. The van der Waals surface area contributed by atoms with Gasteiger partial charge in [-0.2, -0.15) is 5.21 Å². The summed E-state index contributed by atoms with van der Waals surface area (Å²) in [6.45, 7) is 4.65. The molecule has 1 aliphatic rings. The lowest BCUT2D eigenvalue weighted by molar-refractivity contribution is 0.0342. The Kier molecular flexibility index (Phi) is 3.29. The molecular formula is C12H15N5O. The third-order valence-corrected chi connectivity index (χ3v) is 3.07. The van der Waals surface area contributed by atoms with Crippen LogP contribution in [0.1, 0.15) is 5.56 Å². The molecule has 3 rings (SSSR count). The molecule has 94 valence electrons. The fraction of sp³-hybridized carbons (Fsp3) is 0.417. The van der Waals surface area contributed by atoms with Crippen LogP contribution in [-0.2, 0) is 11.3 Å². The smallest absolute Gasteiger partial charge is 0.204 e. The number of benzene rings is 1. The molecule has 1 aliphatic heterocycles. The van der Waals surface area contributed by atoms with Gasteiger partial charge in [-0.05, 0) is 10.8 Å². The number of hydrogen-bond acceptors (Lipinski definition) is 5. The molecule has 0 radical (unpaired) electrons. The van der Waals surface area contributed by atoms with Crippen LogP contribution in [0.2, 0.25) is 0 Å². The van der Waals surface area contributed by atoms with Gasteiger partial charge in [0.2, 0.25) is 5.82 Å². The largest absolute Gasteiger partial charge is 0.379 e. The molecular weight excluding hydrogens is 230 g/mol. The number of aromatic amines is 1. The second kappa shape index (κ2) is 5.24. The highest BCUT2D eigenvalue weighted by Gasteiger charge is 2.10. The SMILES string of the molecule is c1cc(-c2nn[nH]n2)ccc1CN1CCOCC1. The molecule has 0 atom stereocenters. The molecule has 1 saturated heterocycles. The first-order valence-electron chi connectivity index (χ1n) is 6.05. The molecule has 0 unspecified atom stereocenters. The number of morpholine rings is 1. The summed E-state index contributed by atoms with van der Waals surface area (Å²) in [5.74, 6) is 0.632. The second-order valence-corrected chi connectivity index (χ2v) is 4.32. The van der Waals surface area contributed by atoms with E-state index in [4.69, 9.17) is 4.74 Å². The Morgan fingerprint density at radius 2 is 1.94 bits per heavy atom. The Hall–Kier alpha value is -1.79. The zero-order valence-electron chi connectivity index (χ0n) is 10.0. The minimum Gasteiger partial charge on any atom is -0.379 e. The van der Waals surface area contributed by atoms with Crippen molar-refractivity contribution in [3.63, 3.8) is 0 Å². The average molecular weight is 245 g/mol. The van der Waals surface area contributed by atoms with E-state index < -0.39 is 0 Å². The van der Waals surface area contributed by atoms with Crippen LogP contribution in [-0.4, -0.2) is 51.8 Å². The fourth-order valence-electron chi connectivity index (χ4n) is 2.06. The number of tetrazole rings is 1. The van der Waals surface area contributed by atoms with Crippen LogP contribution >= 0.6 is 0 Å². The lowest BCUT2D eigenvalue weighted by atomic mass is 10.1. The molecule has 1 fully saturated rings. The number of rotatable bonds is 3. The van der Waals surface area contributed by atoms with E-state index in [1.54, 1.807) is 0 Å². The van der Waals surface area contributed by atoms with E-state index in [0.29, 0.717) is 5.82 Å². The molecule has 6 nitrogen and oxygen atoms in total. The Bertz CT molecular complexity index is 476. The maximum Gasteiger partial charge on any atom is 0.204 e. The first-order chi connectivity index (χ1) is 8.92. The van der Waals surface area contributed by atoms with Gasteiger partial charge in [-0.25, -0.2) is 0 Å². The van der Waals surface area contributed by atoms with Crippen molar-refractivity contribution < 1.29 is 4.74 Å². The third kappa shape index (κ3) is 2.55. The van der Waals surface area contributed by atoms with Crippen molar-refractivity contribution in [2.75, 3.05) is 26.3 Å². The molecule has 0 aliphatic carbocycles. The fourth-order valence-corrected chi connectivity index (χ4v) is 2.06.